The van der Waals surface area contributed by atoms with Crippen molar-refractivity contribution >= 4 is 11.5 Å². The van der Waals surface area contributed by atoms with Crippen molar-refractivity contribution in [3.05, 3.63) is 53.6 Å². The highest BCUT2D eigenvalue weighted by molar-refractivity contribution is 6.03. The number of aliphatic hydroxyl groups excluding tert-OH is 1. The molecule has 4 nitrogen and oxygen atoms in total. The molecule has 3 atom stereocenters. The Morgan fingerprint density at radius 2 is 1.83 bits per heavy atom. The second-order valence-electron chi connectivity index (χ2n) is 8.09. The molecule has 1 aromatic rings. The predicted octanol–water partition coefficient (Wildman–Crippen LogP) is 2.73. The number of β-amino-alcohol motifs (C(OH)–C–C–N with tert-alkyl or cyclic N) is 1. The van der Waals surface area contributed by atoms with Gasteiger partial charge >= 0.3 is 5.97 Å². The first-order chi connectivity index (χ1) is 11.1. The molecule has 0 amide bonds. The molecule has 0 aliphatic heterocycles. The van der Waals surface area contributed by atoms with Gasteiger partial charge in [0.1, 0.15) is 5.41 Å². The van der Waals surface area contributed by atoms with Gasteiger partial charge in [-0.3, -0.25) is 4.79 Å². The quantitative estimate of drug-likeness (QED) is 0.744. The lowest BCUT2D eigenvalue weighted by Crippen LogP contribution is -2.48. The summed E-state index contributed by atoms with van der Waals surface area (Å²) in [5.41, 5.74) is 0.605. The molecule has 3 N–H and O–H groups in total. The molecule has 0 saturated carbocycles. The second kappa shape index (κ2) is 5.30. The van der Waals surface area contributed by atoms with Crippen molar-refractivity contribution in [2.75, 3.05) is 6.54 Å². The van der Waals surface area contributed by atoms with Crippen molar-refractivity contribution in [2.24, 2.45) is 5.41 Å². The maximum atomic E-state index is 12.1. The SMILES string of the molecule is CC(C)(C)NCC(O)C1(C)C=CC2(C(=O)O)C(=C1)c1ccc2cc1. The standard InChI is InChI=1S/C20H25NO3/c1-18(2,3)21-12-16(22)19(4)9-10-20(17(23)24)14-7-5-13(6-8-14)15(20)11-19/h5-11,16,21-22H,12H2,1-4H3,(H,23,24). The lowest BCUT2D eigenvalue weighted by atomic mass is 9.61. The van der Waals surface area contributed by atoms with Crippen LogP contribution >= 0.6 is 0 Å². The van der Waals surface area contributed by atoms with Crippen LogP contribution in [-0.4, -0.2) is 34.4 Å². The van der Waals surface area contributed by atoms with Crippen molar-refractivity contribution in [2.45, 2.75) is 44.8 Å². The van der Waals surface area contributed by atoms with Crippen LogP contribution in [0.2, 0.25) is 0 Å². The summed E-state index contributed by atoms with van der Waals surface area (Å²) < 4.78 is 0. The molecule has 4 heteroatoms. The van der Waals surface area contributed by atoms with E-state index in [1.54, 1.807) is 6.08 Å². The molecule has 0 radical (unpaired) electrons. The molecule has 0 aromatic heterocycles. The summed E-state index contributed by atoms with van der Waals surface area (Å²) >= 11 is 0. The summed E-state index contributed by atoms with van der Waals surface area (Å²) in [5, 5.41) is 23.9. The zero-order chi connectivity index (χ0) is 17.8. The minimum absolute atomic E-state index is 0.0896. The van der Waals surface area contributed by atoms with E-state index in [1.165, 1.54) is 0 Å². The minimum Gasteiger partial charge on any atom is -0.480 e. The summed E-state index contributed by atoms with van der Waals surface area (Å²) in [7, 11) is 0. The Hall–Kier alpha value is -1.91. The van der Waals surface area contributed by atoms with Crippen molar-refractivity contribution in [1.82, 2.24) is 5.32 Å². The third-order valence-electron chi connectivity index (χ3n) is 5.10. The van der Waals surface area contributed by atoms with Gasteiger partial charge in [0.25, 0.3) is 0 Å². The van der Waals surface area contributed by atoms with E-state index in [0.29, 0.717) is 6.54 Å². The van der Waals surface area contributed by atoms with Gasteiger partial charge in [0.05, 0.1) is 6.10 Å². The molecule has 3 unspecified atom stereocenters. The van der Waals surface area contributed by atoms with E-state index in [0.717, 1.165) is 16.7 Å². The zero-order valence-electron chi connectivity index (χ0n) is 14.6. The predicted molar refractivity (Wildman–Crippen MR) is 94.7 cm³/mol. The van der Waals surface area contributed by atoms with Crippen molar-refractivity contribution in [1.29, 1.82) is 0 Å². The van der Waals surface area contributed by atoms with Gasteiger partial charge < -0.3 is 15.5 Å². The van der Waals surface area contributed by atoms with Crippen LogP contribution in [0.25, 0.3) is 5.57 Å². The number of fused-ring (bicyclic) bond motifs is 2. The third-order valence-corrected chi connectivity index (χ3v) is 5.10. The Morgan fingerprint density at radius 3 is 2.38 bits per heavy atom. The number of aliphatic carboxylic acids is 1. The van der Waals surface area contributed by atoms with Crippen LogP contribution in [0.5, 0.6) is 0 Å². The number of nitrogens with one attached hydrogen (secondary N) is 1. The van der Waals surface area contributed by atoms with E-state index < -0.39 is 22.9 Å². The number of aliphatic hydroxyl groups is 1. The van der Waals surface area contributed by atoms with E-state index in [2.05, 4.69) is 26.1 Å². The topological polar surface area (TPSA) is 69.6 Å². The summed E-state index contributed by atoms with van der Waals surface area (Å²) in [6.07, 6.45) is 4.87. The molecule has 3 aliphatic rings. The van der Waals surface area contributed by atoms with E-state index in [9.17, 15) is 15.0 Å². The first-order valence-corrected chi connectivity index (χ1v) is 8.30. The Bertz CT molecular complexity index is 726. The number of benzene rings is 1. The normalized spacial score (nSPS) is 29.1. The van der Waals surface area contributed by atoms with Gasteiger partial charge in [0, 0.05) is 17.5 Å². The van der Waals surface area contributed by atoms with E-state index in [4.69, 9.17) is 0 Å². The summed E-state index contributed by atoms with van der Waals surface area (Å²) in [6.45, 7) is 8.53. The fourth-order valence-electron chi connectivity index (χ4n) is 3.48. The van der Waals surface area contributed by atoms with Gasteiger partial charge in [-0.2, -0.15) is 0 Å². The van der Waals surface area contributed by atoms with Crippen LogP contribution < -0.4 is 5.32 Å². The largest absolute Gasteiger partial charge is 0.480 e. The van der Waals surface area contributed by atoms with Crippen LogP contribution in [0, 0.1) is 5.41 Å². The van der Waals surface area contributed by atoms with Crippen LogP contribution in [0.4, 0.5) is 0 Å². The minimum atomic E-state index is -1.12. The number of hydrogen-bond donors (Lipinski definition) is 3. The first-order valence-electron chi connectivity index (χ1n) is 8.30. The maximum absolute atomic E-state index is 12.1. The smallest absolute Gasteiger partial charge is 0.322 e. The van der Waals surface area contributed by atoms with Crippen LogP contribution in [0.15, 0.2) is 42.5 Å². The van der Waals surface area contributed by atoms with Gasteiger partial charge in [-0.1, -0.05) is 49.4 Å². The summed E-state index contributed by atoms with van der Waals surface area (Å²) in [4.78, 5) is 12.1. The van der Waals surface area contributed by atoms with Gasteiger partial charge in [-0.25, -0.2) is 0 Å². The molecule has 0 fully saturated rings. The average Bonchev–Trinajstić information content (AvgIpc) is 2.52. The monoisotopic (exact) mass is 327 g/mol. The average molecular weight is 327 g/mol. The summed E-state index contributed by atoms with van der Waals surface area (Å²) in [5.74, 6) is -0.879. The van der Waals surface area contributed by atoms with Gasteiger partial charge in [-0.05, 0) is 37.5 Å². The van der Waals surface area contributed by atoms with E-state index >= 15 is 0 Å². The number of carboxylic acids is 1. The zero-order valence-corrected chi connectivity index (χ0v) is 14.6. The van der Waals surface area contributed by atoms with Gasteiger partial charge in [-0.15, -0.1) is 0 Å². The molecule has 3 aliphatic carbocycles. The van der Waals surface area contributed by atoms with Crippen LogP contribution in [0.3, 0.4) is 0 Å². The first kappa shape index (κ1) is 16.9. The molecule has 2 bridgehead atoms. The molecular weight excluding hydrogens is 302 g/mol. The summed E-state index contributed by atoms with van der Waals surface area (Å²) in [6, 6.07) is 7.63. The Labute approximate surface area is 142 Å². The number of hydrogen-bond acceptors (Lipinski definition) is 3. The molecule has 0 spiro atoms. The van der Waals surface area contributed by atoms with Crippen LogP contribution in [-0.2, 0) is 10.2 Å². The molecular formula is C20H25NO3. The number of rotatable bonds is 4. The Kier molecular flexibility index (Phi) is 3.74. The molecule has 0 saturated heterocycles. The maximum Gasteiger partial charge on any atom is 0.322 e. The lowest BCUT2D eigenvalue weighted by molar-refractivity contribution is -0.140. The molecule has 4 rings (SSSR count). The molecule has 24 heavy (non-hydrogen) atoms. The number of carbonyl (C=O) groups is 1. The second-order valence-corrected chi connectivity index (χ2v) is 8.09. The molecule has 0 heterocycles. The fraction of sp³-hybridized carbons (Fsp3) is 0.450. The highest BCUT2D eigenvalue weighted by Gasteiger charge is 2.49. The van der Waals surface area contributed by atoms with Gasteiger partial charge in [0.15, 0.2) is 0 Å². The molecule has 1 aromatic carbocycles. The Morgan fingerprint density at radius 1 is 1.21 bits per heavy atom. The fourth-order valence-corrected chi connectivity index (χ4v) is 3.48. The van der Waals surface area contributed by atoms with E-state index in [-0.39, 0.29) is 5.54 Å². The lowest BCUT2D eigenvalue weighted by Gasteiger charge is -2.42. The highest BCUT2D eigenvalue weighted by atomic mass is 16.4. The van der Waals surface area contributed by atoms with Crippen molar-refractivity contribution < 1.29 is 15.0 Å². The Balaban J connectivity index is 1.98. The third kappa shape index (κ3) is 2.50. The van der Waals surface area contributed by atoms with E-state index in [1.807, 2.05) is 43.3 Å². The van der Waals surface area contributed by atoms with Crippen molar-refractivity contribution in [3.63, 3.8) is 0 Å². The van der Waals surface area contributed by atoms with Gasteiger partial charge in [0.2, 0.25) is 0 Å². The van der Waals surface area contributed by atoms with Crippen LogP contribution in [0.1, 0.15) is 38.8 Å². The van der Waals surface area contributed by atoms with Crippen molar-refractivity contribution in [3.8, 4) is 0 Å². The molecule has 128 valence electrons. The number of carboxylic acid groups (broad SMARTS) is 1. The highest BCUT2D eigenvalue weighted by Crippen LogP contribution is 2.50.